The monoisotopic (exact) mass is 328 g/mol. The van der Waals surface area contributed by atoms with Gasteiger partial charge in [0.25, 0.3) is 0 Å². The summed E-state index contributed by atoms with van der Waals surface area (Å²) in [6, 6.07) is 14.0. The van der Waals surface area contributed by atoms with Crippen molar-refractivity contribution in [2.45, 2.75) is 19.4 Å². The Bertz CT molecular complexity index is 735. The second kappa shape index (κ2) is 6.85. The van der Waals surface area contributed by atoms with Crippen LogP contribution in [0.25, 0.3) is 10.6 Å². The second-order valence-corrected chi connectivity index (χ2v) is 6.87. The summed E-state index contributed by atoms with van der Waals surface area (Å²) in [6.45, 7) is 2.00. The third-order valence-corrected chi connectivity index (χ3v) is 5.10. The normalized spacial score (nSPS) is 12.0. The zero-order valence-corrected chi connectivity index (χ0v) is 13.8. The van der Waals surface area contributed by atoms with Crippen LogP contribution < -0.4 is 5.32 Å². The van der Waals surface area contributed by atoms with Crippen LogP contribution >= 0.6 is 22.7 Å². The smallest absolute Gasteiger partial charge is 0.225 e. The standard InChI is InChI=1S/C17H16N2OS2/c1-12(13-6-3-2-4-7-13)19-16(20)10-15-17(18-11-22-15)14-8-5-9-21-14/h2-9,11-12H,10H2,1H3,(H,19,20). The lowest BCUT2D eigenvalue weighted by molar-refractivity contribution is -0.121. The summed E-state index contributed by atoms with van der Waals surface area (Å²) in [4.78, 5) is 18.8. The molecule has 22 heavy (non-hydrogen) atoms. The number of aromatic nitrogens is 1. The van der Waals surface area contributed by atoms with Crippen LogP contribution in [0.1, 0.15) is 23.4 Å². The fourth-order valence-corrected chi connectivity index (χ4v) is 3.86. The highest BCUT2D eigenvalue weighted by Crippen LogP contribution is 2.29. The van der Waals surface area contributed by atoms with E-state index in [9.17, 15) is 4.79 Å². The molecule has 1 unspecified atom stereocenters. The quantitative estimate of drug-likeness (QED) is 0.759. The number of carbonyl (C=O) groups excluding carboxylic acids is 1. The van der Waals surface area contributed by atoms with Gasteiger partial charge in [0.15, 0.2) is 0 Å². The number of rotatable bonds is 5. The molecule has 2 heterocycles. The third-order valence-electron chi connectivity index (χ3n) is 3.39. The van der Waals surface area contributed by atoms with Crippen molar-refractivity contribution in [1.82, 2.24) is 10.3 Å². The molecular weight excluding hydrogens is 312 g/mol. The van der Waals surface area contributed by atoms with Crippen LogP contribution in [-0.2, 0) is 11.2 Å². The van der Waals surface area contributed by atoms with Crippen molar-refractivity contribution in [3.63, 3.8) is 0 Å². The number of nitrogens with one attached hydrogen (secondary N) is 1. The molecule has 0 aliphatic carbocycles. The maximum absolute atomic E-state index is 12.3. The summed E-state index contributed by atoms with van der Waals surface area (Å²) in [7, 11) is 0. The zero-order valence-electron chi connectivity index (χ0n) is 12.2. The minimum Gasteiger partial charge on any atom is -0.349 e. The number of amides is 1. The van der Waals surface area contributed by atoms with Crippen LogP contribution in [0.3, 0.4) is 0 Å². The molecule has 0 saturated carbocycles. The number of thiazole rings is 1. The van der Waals surface area contributed by atoms with Gasteiger partial charge in [0.05, 0.1) is 28.5 Å². The Hall–Kier alpha value is -1.98. The van der Waals surface area contributed by atoms with Gasteiger partial charge in [-0.15, -0.1) is 22.7 Å². The van der Waals surface area contributed by atoms with E-state index in [0.717, 1.165) is 21.0 Å². The van der Waals surface area contributed by atoms with Gasteiger partial charge in [0.2, 0.25) is 5.91 Å². The van der Waals surface area contributed by atoms with Crippen molar-refractivity contribution >= 4 is 28.6 Å². The van der Waals surface area contributed by atoms with Gasteiger partial charge in [-0.05, 0) is 23.9 Å². The van der Waals surface area contributed by atoms with E-state index in [1.54, 1.807) is 16.8 Å². The lowest BCUT2D eigenvalue weighted by Crippen LogP contribution is -2.27. The second-order valence-electron chi connectivity index (χ2n) is 4.98. The van der Waals surface area contributed by atoms with E-state index in [-0.39, 0.29) is 11.9 Å². The van der Waals surface area contributed by atoms with Gasteiger partial charge in [0.1, 0.15) is 0 Å². The van der Waals surface area contributed by atoms with Crippen molar-refractivity contribution in [3.05, 3.63) is 63.8 Å². The van der Waals surface area contributed by atoms with Gasteiger partial charge in [-0.3, -0.25) is 4.79 Å². The van der Waals surface area contributed by atoms with Gasteiger partial charge in [-0.1, -0.05) is 36.4 Å². The summed E-state index contributed by atoms with van der Waals surface area (Å²) in [5.41, 5.74) is 3.85. The molecule has 0 radical (unpaired) electrons. The molecule has 3 nitrogen and oxygen atoms in total. The molecule has 1 aromatic carbocycles. The van der Waals surface area contributed by atoms with Crippen molar-refractivity contribution in [2.75, 3.05) is 0 Å². The van der Waals surface area contributed by atoms with Gasteiger partial charge in [-0.2, -0.15) is 0 Å². The van der Waals surface area contributed by atoms with Crippen LogP contribution in [-0.4, -0.2) is 10.9 Å². The Labute approximate surface area is 137 Å². The Morgan fingerprint density at radius 3 is 2.73 bits per heavy atom. The molecule has 0 saturated heterocycles. The van der Waals surface area contributed by atoms with Crippen LogP contribution in [0.2, 0.25) is 0 Å². The van der Waals surface area contributed by atoms with Crippen LogP contribution in [0, 0.1) is 0 Å². The van der Waals surface area contributed by atoms with Crippen molar-refractivity contribution in [1.29, 1.82) is 0 Å². The molecule has 0 spiro atoms. The molecule has 1 amide bonds. The predicted molar refractivity (Wildman–Crippen MR) is 92.1 cm³/mol. The van der Waals surface area contributed by atoms with Crippen molar-refractivity contribution < 1.29 is 4.79 Å². The minimum atomic E-state index is 0.00630. The average Bonchev–Trinajstić information content (AvgIpc) is 3.18. The molecule has 1 atom stereocenters. The van der Waals surface area contributed by atoms with Gasteiger partial charge in [-0.25, -0.2) is 4.98 Å². The molecule has 0 fully saturated rings. The number of hydrogen-bond acceptors (Lipinski definition) is 4. The molecular formula is C17H16N2OS2. The summed E-state index contributed by atoms with van der Waals surface area (Å²) in [6.07, 6.45) is 0.370. The molecule has 112 valence electrons. The number of carbonyl (C=O) groups is 1. The third kappa shape index (κ3) is 3.43. The number of nitrogens with zero attached hydrogens (tertiary/aromatic N) is 1. The lowest BCUT2D eigenvalue weighted by Gasteiger charge is -2.14. The first-order valence-corrected chi connectivity index (χ1v) is 8.80. The maximum Gasteiger partial charge on any atom is 0.225 e. The maximum atomic E-state index is 12.3. The average molecular weight is 328 g/mol. The molecule has 3 aromatic rings. The Morgan fingerprint density at radius 2 is 2.00 bits per heavy atom. The molecule has 5 heteroatoms. The van der Waals surface area contributed by atoms with E-state index in [4.69, 9.17) is 0 Å². The van der Waals surface area contributed by atoms with Gasteiger partial charge in [0, 0.05) is 4.88 Å². The first-order valence-electron chi connectivity index (χ1n) is 7.04. The Balaban J connectivity index is 1.67. The number of thiophene rings is 1. The highest BCUT2D eigenvalue weighted by Gasteiger charge is 2.15. The van der Waals surface area contributed by atoms with Crippen LogP contribution in [0.15, 0.2) is 53.4 Å². The van der Waals surface area contributed by atoms with Gasteiger partial charge < -0.3 is 5.32 Å². The molecule has 2 aromatic heterocycles. The largest absolute Gasteiger partial charge is 0.349 e. The fourth-order valence-electron chi connectivity index (χ4n) is 2.27. The Morgan fingerprint density at radius 1 is 1.18 bits per heavy atom. The van der Waals surface area contributed by atoms with E-state index in [1.807, 2.05) is 54.8 Å². The van der Waals surface area contributed by atoms with Crippen LogP contribution in [0.4, 0.5) is 0 Å². The SMILES string of the molecule is CC(NC(=O)Cc1scnc1-c1cccs1)c1ccccc1. The van der Waals surface area contributed by atoms with Gasteiger partial charge >= 0.3 is 0 Å². The molecule has 3 rings (SSSR count). The van der Waals surface area contributed by atoms with Crippen molar-refractivity contribution in [3.8, 4) is 10.6 Å². The van der Waals surface area contributed by atoms with E-state index >= 15 is 0 Å². The van der Waals surface area contributed by atoms with E-state index in [0.29, 0.717) is 6.42 Å². The minimum absolute atomic E-state index is 0.00630. The highest BCUT2D eigenvalue weighted by atomic mass is 32.1. The molecule has 0 bridgehead atoms. The van der Waals surface area contributed by atoms with E-state index < -0.39 is 0 Å². The summed E-state index contributed by atoms with van der Waals surface area (Å²) in [5.74, 6) is 0.0263. The highest BCUT2D eigenvalue weighted by molar-refractivity contribution is 7.14. The van der Waals surface area contributed by atoms with E-state index in [2.05, 4.69) is 10.3 Å². The molecule has 0 aliphatic rings. The topological polar surface area (TPSA) is 42.0 Å². The first-order chi connectivity index (χ1) is 10.7. The fraction of sp³-hybridized carbons (Fsp3) is 0.176. The Kier molecular flexibility index (Phi) is 4.65. The zero-order chi connectivity index (χ0) is 15.4. The van der Waals surface area contributed by atoms with Crippen molar-refractivity contribution in [2.24, 2.45) is 0 Å². The van der Waals surface area contributed by atoms with E-state index in [1.165, 1.54) is 11.3 Å². The summed E-state index contributed by atoms with van der Waals surface area (Å²) >= 11 is 3.18. The number of hydrogen-bond donors (Lipinski definition) is 1. The predicted octanol–water partition coefficient (Wildman–Crippen LogP) is 4.29. The first kappa shape index (κ1) is 14.9. The molecule has 1 N–H and O–H groups in total. The molecule has 0 aliphatic heterocycles. The lowest BCUT2D eigenvalue weighted by atomic mass is 10.1. The number of benzene rings is 1. The van der Waals surface area contributed by atoms with Crippen LogP contribution in [0.5, 0.6) is 0 Å². The summed E-state index contributed by atoms with van der Waals surface area (Å²) in [5, 5.41) is 5.07. The summed E-state index contributed by atoms with van der Waals surface area (Å²) < 4.78 is 0.